The highest BCUT2D eigenvalue weighted by Crippen LogP contribution is 2.43. The van der Waals surface area contributed by atoms with Gasteiger partial charge < -0.3 is 9.47 Å². The van der Waals surface area contributed by atoms with Gasteiger partial charge in [-0.1, -0.05) is 84.9 Å². The topological polar surface area (TPSA) is 8.17 Å². The molecular weight excluding hydrogens is 597 g/mol. The molecule has 7 aromatic carbocycles. The molecule has 0 N–H and O–H groups in total. The molecule has 0 amide bonds. The van der Waals surface area contributed by atoms with Crippen LogP contribution in [0.15, 0.2) is 158 Å². The highest BCUT2D eigenvalue weighted by Gasteiger charge is 2.18. The predicted octanol–water partition coefficient (Wildman–Crippen LogP) is 13.0. The first-order valence-electron chi connectivity index (χ1n) is 15.5. The number of hydrogen-bond donors (Lipinski definition) is 0. The average Bonchev–Trinajstić information content (AvgIpc) is 3.78. The SMILES string of the molecule is c1ccc2c(c1)sc1cc(N(c3ccc(-n4c5ccccc5c5ccccc54)cc3)c3ccc4c(c3)sc3ccccc34)ccc12. The molecule has 0 aliphatic rings. The first kappa shape index (κ1) is 25.9. The van der Waals surface area contributed by atoms with E-state index >= 15 is 0 Å². The van der Waals surface area contributed by atoms with Crippen LogP contribution in [0.25, 0.3) is 67.8 Å². The zero-order chi connectivity index (χ0) is 30.2. The van der Waals surface area contributed by atoms with Crippen LogP contribution >= 0.6 is 22.7 Å². The number of nitrogens with zero attached hydrogens (tertiary/aromatic N) is 2. The third kappa shape index (κ3) is 3.87. The van der Waals surface area contributed by atoms with Gasteiger partial charge in [-0.3, -0.25) is 0 Å². The van der Waals surface area contributed by atoms with E-state index in [0.29, 0.717) is 0 Å². The van der Waals surface area contributed by atoms with E-state index in [-0.39, 0.29) is 0 Å². The molecule has 0 spiro atoms. The van der Waals surface area contributed by atoms with Crippen molar-refractivity contribution in [3.8, 4) is 5.69 Å². The predicted molar refractivity (Wildman–Crippen MR) is 201 cm³/mol. The fourth-order valence-corrected chi connectivity index (χ4v) is 9.38. The van der Waals surface area contributed by atoms with Crippen LogP contribution in [0.3, 0.4) is 0 Å². The van der Waals surface area contributed by atoms with Crippen molar-refractivity contribution in [1.82, 2.24) is 4.57 Å². The molecule has 0 saturated heterocycles. The summed E-state index contributed by atoms with van der Waals surface area (Å²) in [6.07, 6.45) is 0. The quantitative estimate of drug-likeness (QED) is 0.190. The van der Waals surface area contributed by atoms with Gasteiger partial charge in [0.15, 0.2) is 0 Å². The summed E-state index contributed by atoms with van der Waals surface area (Å²) in [7, 11) is 0. The van der Waals surface area contributed by atoms with Crippen LogP contribution in [0.1, 0.15) is 0 Å². The minimum absolute atomic E-state index is 1.13. The van der Waals surface area contributed by atoms with Crippen molar-refractivity contribution in [2.45, 2.75) is 0 Å². The Balaban J connectivity index is 1.16. The van der Waals surface area contributed by atoms with Crippen molar-refractivity contribution in [3.05, 3.63) is 158 Å². The number of benzene rings is 7. The van der Waals surface area contributed by atoms with Gasteiger partial charge in [0.05, 0.1) is 11.0 Å². The number of anilines is 3. The Labute approximate surface area is 273 Å². The molecule has 3 heterocycles. The molecule has 46 heavy (non-hydrogen) atoms. The number of aromatic nitrogens is 1. The zero-order valence-electron chi connectivity index (χ0n) is 24.7. The van der Waals surface area contributed by atoms with E-state index in [4.69, 9.17) is 0 Å². The van der Waals surface area contributed by atoms with Crippen LogP contribution in [0.5, 0.6) is 0 Å². The Morgan fingerprint density at radius 2 is 0.761 bits per heavy atom. The lowest BCUT2D eigenvalue weighted by atomic mass is 10.1. The molecule has 0 unspecified atom stereocenters. The maximum absolute atomic E-state index is 2.41. The van der Waals surface area contributed by atoms with Gasteiger partial charge in [0, 0.05) is 73.9 Å². The lowest BCUT2D eigenvalue weighted by Crippen LogP contribution is -2.10. The maximum atomic E-state index is 2.41. The lowest BCUT2D eigenvalue weighted by molar-refractivity contribution is 1.17. The van der Waals surface area contributed by atoms with E-state index in [0.717, 1.165) is 22.7 Å². The molecule has 10 aromatic rings. The fraction of sp³-hybridized carbons (Fsp3) is 0. The van der Waals surface area contributed by atoms with E-state index < -0.39 is 0 Å². The number of thiophene rings is 2. The van der Waals surface area contributed by atoms with Crippen LogP contribution in [0.4, 0.5) is 17.1 Å². The molecule has 3 aromatic heterocycles. The van der Waals surface area contributed by atoms with Gasteiger partial charge in [-0.25, -0.2) is 0 Å². The van der Waals surface area contributed by atoms with E-state index in [1.54, 1.807) is 0 Å². The average molecular weight is 623 g/mol. The second kappa shape index (κ2) is 10.0. The van der Waals surface area contributed by atoms with E-state index in [1.807, 2.05) is 22.7 Å². The summed E-state index contributed by atoms with van der Waals surface area (Å²) in [5.74, 6) is 0. The number of rotatable bonds is 4. The zero-order valence-corrected chi connectivity index (χ0v) is 26.4. The molecule has 0 saturated carbocycles. The summed E-state index contributed by atoms with van der Waals surface area (Å²) in [5, 5.41) is 7.82. The molecule has 216 valence electrons. The van der Waals surface area contributed by atoms with Crippen LogP contribution in [0.2, 0.25) is 0 Å². The minimum atomic E-state index is 1.13. The normalized spacial score (nSPS) is 11.9. The van der Waals surface area contributed by atoms with Crippen LogP contribution in [0, 0.1) is 0 Å². The third-order valence-corrected chi connectivity index (χ3v) is 11.5. The lowest BCUT2D eigenvalue weighted by Gasteiger charge is -2.26. The molecule has 4 heteroatoms. The molecular formula is C42H26N2S2. The Morgan fingerprint density at radius 3 is 1.28 bits per heavy atom. The van der Waals surface area contributed by atoms with E-state index in [9.17, 15) is 0 Å². The van der Waals surface area contributed by atoms with Gasteiger partial charge in [-0.05, 0) is 72.8 Å². The minimum Gasteiger partial charge on any atom is -0.310 e. The van der Waals surface area contributed by atoms with Crippen LogP contribution in [-0.4, -0.2) is 4.57 Å². The smallest absolute Gasteiger partial charge is 0.0541 e. The molecule has 0 fully saturated rings. The second-order valence-corrected chi connectivity index (χ2v) is 13.9. The Morgan fingerprint density at radius 1 is 0.348 bits per heavy atom. The molecule has 0 atom stereocenters. The maximum Gasteiger partial charge on any atom is 0.0541 e. The molecule has 2 nitrogen and oxygen atoms in total. The molecule has 0 aliphatic heterocycles. The van der Waals surface area contributed by atoms with Crippen molar-refractivity contribution < 1.29 is 0 Å². The first-order chi connectivity index (χ1) is 22.8. The van der Waals surface area contributed by atoms with Crippen molar-refractivity contribution in [1.29, 1.82) is 0 Å². The van der Waals surface area contributed by atoms with Gasteiger partial charge in [0.1, 0.15) is 0 Å². The van der Waals surface area contributed by atoms with Gasteiger partial charge >= 0.3 is 0 Å². The summed E-state index contributed by atoms with van der Waals surface area (Å²) in [5.41, 5.74) is 7.04. The standard InChI is InChI=1S/C42H26N2S2/c1-5-13-37-31(9-1)32-10-2-6-14-38(32)44(37)28-19-17-27(18-20-28)43(29-21-23-35-33-11-3-7-15-39(33)45-41(35)25-29)30-22-24-36-34-12-4-8-16-40(34)46-42(36)26-30/h1-26H. The monoisotopic (exact) mass is 622 g/mol. The van der Waals surface area contributed by atoms with Crippen LogP contribution < -0.4 is 4.90 Å². The Bertz CT molecular complexity index is 2600. The van der Waals surface area contributed by atoms with Crippen LogP contribution in [-0.2, 0) is 0 Å². The third-order valence-electron chi connectivity index (χ3n) is 9.19. The Hall–Kier alpha value is -5.42. The summed E-state index contributed by atoms with van der Waals surface area (Å²) < 4.78 is 7.62. The number of hydrogen-bond acceptors (Lipinski definition) is 3. The highest BCUT2D eigenvalue weighted by atomic mass is 32.1. The van der Waals surface area contributed by atoms with E-state index in [1.165, 1.54) is 62.2 Å². The van der Waals surface area contributed by atoms with Crippen molar-refractivity contribution in [2.75, 3.05) is 4.90 Å². The van der Waals surface area contributed by atoms with Crippen molar-refractivity contribution in [3.63, 3.8) is 0 Å². The summed E-state index contributed by atoms with van der Waals surface area (Å²) in [6.45, 7) is 0. The summed E-state index contributed by atoms with van der Waals surface area (Å²) in [6, 6.07) is 57.7. The Kier molecular flexibility index (Phi) is 5.65. The van der Waals surface area contributed by atoms with Gasteiger partial charge in [-0.2, -0.15) is 0 Å². The van der Waals surface area contributed by atoms with Gasteiger partial charge in [0.2, 0.25) is 0 Å². The molecule has 0 aliphatic carbocycles. The van der Waals surface area contributed by atoms with E-state index in [2.05, 4.69) is 167 Å². The number of fused-ring (bicyclic) bond motifs is 9. The van der Waals surface area contributed by atoms with Crippen molar-refractivity contribution >= 4 is 102 Å². The molecule has 10 rings (SSSR count). The first-order valence-corrected chi connectivity index (χ1v) is 17.1. The van der Waals surface area contributed by atoms with Crippen molar-refractivity contribution in [2.24, 2.45) is 0 Å². The largest absolute Gasteiger partial charge is 0.310 e. The number of para-hydroxylation sites is 2. The highest BCUT2D eigenvalue weighted by molar-refractivity contribution is 7.26. The van der Waals surface area contributed by atoms with Gasteiger partial charge in [-0.15, -0.1) is 22.7 Å². The molecule has 0 radical (unpaired) electrons. The fourth-order valence-electron chi connectivity index (χ4n) is 7.11. The molecule has 0 bridgehead atoms. The second-order valence-electron chi connectivity index (χ2n) is 11.8. The summed E-state index contributed by atoms with van der Waals surface area (Å²) >= 11 is 3.73. The summed E-state index contributed by atoms with van der Waals surface area (Å²) in [4.78, 5) is 2.41. The van der Waals surface area contributed by atoms with Gasteiger partial charge in [0.25, 0.3) is 0 Å².